The van der Waals surface area contributed by atoms with Gasteiger partial charge in [-0.1, -0.05) is 365 Å². The van der Waals surface area contributed by atoms with Crippen molar-refractivity contribution in [3.05, 3.63) is 392 Å². The van der Waals surface area contributed by atoms with Gasteiger partial charge in [0.25, 0.3) is 6.33 Å². The molecule has 0 aliphatic heterocycles. The molecule has 0 radical (unpaired) electrons. The van der Waals surface area contributed by atoms with Crippen molar-refractivity contribution in [3.63, 3.8) is 0 Å². The zero-order valence-electron chi connectivity index (χ0n) is 98.5. The van der Waals surface area contributed by atoms with Crippen LogP contribution in [0.2, 0.25) is 0 Å². The Morgan fingerprint density at radius 2 is 0.826 bits per heavy atom. The van der Waals surface area contributed by atoms with Gasteiger partial charge in [0.05, 0.1) is 85.5 Å². The molecule has 0 saturated heterocycles. The van der Waals surface area contributed by atoms with Gasteiger partial charge in [-0.15, -0.1) is 0 Å². The van der Waals surface area contributed by atoms with E-state index in [1.54, 1.807) is 42.6 Å². The summed E-state index contributed by atoms with van der Waals surface area (Å²) >= 11 is 0. The molecule has 0 bridgehead atoms. The molecular formula is C102H88N4OSi2. The largest absolute Gasteiger partial charge is 0.458 e. The number of para-hydroxylation sites is 2. The molecule has 17 rings (SSSR count). The Bertz CT molecular complexity index is 8110. The fraction of sp³-hybridized carbons (Fsp3) is 0.118. The van der Waals surface area contributed by atoms with Gasteiger partial charge in [0.1, 0.15) is 17.3 Å². The third-order valence-electron chi connectivity index (χ3n) is 19.5. The predicted octanol–water partition coefficient (Wildman–Crippen LogP) is 19.6. The van der Waals surface area contributed by atoms with E-state index in [-0.39, 0.29) is 56.0 Å². The van der Waals surface area contributed by atoms with Gasteiger partial charge in [-0.2, -0.15) is 0 Å². The lowest BCUT2D eigenvalue weighted by atomic mass is 9.78. The molecule has 0 saturated carbocycles. The fourth-order valence-electron chi connectivity index (χ4n) is 14.0. The first-order valence-corrected chi connectivity index (χ1v) is 39.0. The topological polar surface area (TPSA) is 35.9 Å². The molecule has 7 heteroatoms. The minimum absolute atomic E-state index is 0.0468. The summed E-state index contributed by atoms with van der Waals surface area (Å²) in [6.07, 6.45) is 5.24. The maximum absolute atomic E-state index is 11.4. The van der Waals surface area contributed by atoms with E-state index >= 15 is 0 Å². The lowest BCUT2D eigenvalue weighted by Crippen LogP contribution is -2.74. The minimum atomic E-state index is -6.59. The lowest BCUT2D eigenvalue weighted by molar-refractivity contribution is -0.571. The Morgan fingerprint density at radius 3 is 1.36 bits per heavy atom. The van der Waals surface area contributed by atoms with Crippen molar-refractivity contribution in [3.8, 4) is 62.1 Å². The van der Waals surface area contributed by atoms with Crippen LogP contribution in [-0.4, -0.2) is 30.3 Å². The van der Waals surface area contributed by atoms with Crippen molar-refractivity contribution in [2.75, 3.05) is 0 Å². The smallest absolute Gasteiger partial charge is 0.269 e. The Balaban J connectivity index is 1.06. The van der Waals surface area contributed by atoms with Crippen LogP contribution in [-0.2, 0) is 16.2 Å². The van der Waals surface area contributed by atoms with Crippen molar-refractivity contribution in [1.29, 1.82) is 0 Å². The van der Waals surface area contributed by atoms with Crippen LogP contribution in [0.5, 0.6) is 11.5 Å². The molecule has 5 nitrogen and oxygen atoms in total. The number of benzene rings is 14. The van der Waals surface area contributed by atoms with Crippen molar-refractivity contribution >= 4 is 90.5 Å². The second-order valence-electron chi connectivity index (χ2n) is 29.3. The molecule has 14 aromatic carbocycles. The summed E-state index contributed by atoms with van der Waals surface area (Å²) in [6, 6.07) is -7.43. The molecule has 109 heavy (non-hydrogen) atoms. The normalized spacial score (nSPS) is 17.1. The number of imidazole rings is 1. The van der Waals surface area contributed by atoms with E-state index in [4.69, 9.17) is 17.9 Å². The Morgan fingerprint density at radius 1 is 0.358 bits per heavy atom. The molecule has 530 valence electrons. The van der Waals surface area contributed by atoms with Gasteiger partial charge in [0.2, 0.25) is 0 Å². The van der Waals surface area contributed by atoms with Gasteiger partial charge < -0.3 is 4.74 Å². The average Bonchev–Trinajstić information content (AvgIpc) is 1.34. The molecule has 0 N–H and O–H groups in total. The first-order chi connectivity index (χ1) is 68.7. The third kappa shape index (κ3) is 12.8. The molecule has 0 aliphatic rings. The van der Waals surface area contributed by atoms with Crippen molar-refractivity contribution < 1.29 is 61.4 Å². The van der Waals surface area contributed by atoms with E-state index in [1.807, 2.05) is 113 Å². The number of ether oxygens (including phenoxy) is 1. The van der Waals surface area contributed by atoms with Gasteiger partial charge in [-0.3, -0.25) is 13.7 Å². The maximum Gasteiger partial charge on any atom is 0.269 e. The highest BCUT2D eigenvalue weighted by Gasteiger charge is 2.43. The highest BCUT2D eigenvalue weighted by atomic mass is 28.3. The monoisotopic (exact) mass is 1480 g/mol. The van der Waals surface area contributed by atoms with Crippen LogP contribution < -0.4 is 50.8 Å². The van der Waals surface area contributed by atoms with Gasteiger partial charge in [0.15, 0.2) is 16.1 Å². The number of fused-ring (bicyclic) bond motifs is 4. The fourth-order valence-corrected chi connectivity index (χ4v) is 21.2. The van der Waals surface area contributed by atoms with E-state index in [9.17, 15) is 43.9 Å². The van der Waals surface area contributed by atoms with Crippen molar-refractivity contribution in [2.24, 2.45) is 0 Å². The Labute approximate surface area is 696 Å². The van der Waals surface area contributed by atoms with Crippen molar-refractivity contribution in [1.82, 2.24) is 14.1 Å². The van der Waals surface area contributed by atoms with Gasteiger partial charge in [-0.25, -0.2) is 4.98 Å². The number of hydrogen-bond donors (Lipinski definition) is 0. The van der Waals surface area contributed by atoms with Crippen LogP contribution in [0.4, 0.5) is 0 Å². The summed E-state index contributed by atoms with van der Waals surface area (Å²) in [5, 5.41) is -7.17. The third-order valence-corrected chi connectivity index (χ3v) is 27.5. The minimum Gasteiger partial charge on any atom is -0.458 e. The Hall–Kier alpha value is -12.3. The molecule has 0 fully saturated rings. The average molecular weight is 1480 g/mol. The number of rotatable bonds is 16. The molecule has 3 heterocycles. The maximum atomic E-state index is 11.4. The number of aromatic nitrogens is 4. The molecule has 0 unspecified atom stereocenters. The zero-order valence-corrected chi connectivity index (χ0v) is 62.5. The first-order valence-electron chi connectivity index (χ1n) is 54.0. The highest BCUT2D eigenvalue weighted by molar-refractivity contribution is 7.20. The van der Waals surface area contributed by atoms with Crippen LogP contribution in [0.1, 0.15) is 131 Å². The van der Waals surface area contributed by atoms with Crippen LogP contribution in [0.25, 0.3) is 83.4 Å². The quantitative estimate of drug-likeness (QED) is 0.0418. The number of pyridine rings is 1. The van der Waals surface area contributed by atoms with Gasteiger partial charge >= 0.3 is 0 Å². The summed E-state index contributed by atoms with van der Waals surface area (Å²) in [5.41, 5.74) is 0.370. The van der Waals surface area contributed by atoms with E-state index in [0.717, 1.165) is 33.0 Å². The summed E-state index contributed by atoms with van der Waals surface area (Å²) in [7, 11) is -13.1. The second kappa shape index (κ2) is 28.1. The van der Waals surface area contributed by atoms with Crippen LogP contribution in [0.3, 0.4) is 0 Å². The van der Waals surface area contributed by atoms with Crippen molar-refractivity contribution in [2.45, 2.75) is 78.6 Å². The summed E-state index contributed by atoms with van der Waals surface area (Å²) < 4.78 is 382. The zero-order chi connectivity index (χ0) is 108. The van der Waals surface area contributed by atoms with E-state index in [1.165, 1.54) is 39.5 Å². The van der Waals surface area contributed by atoms with E-state index in [0.29, 0.717) is 16.9 Å². The van der Waals surface area contributed by atoms with Crippen LogP contribution >= 0.6 is 0 Å². The predicted molar refractivity (Wildman–Crippen MR) is 462 cm³/mol. The van der Waals surface area contributed by atoms with E-state index < -0.39 is 309 Å². The summed E-state index contributed by atoms with van der Waals surface area (Å²) in [4.78, 5) is 4.88. The van der Waals surface area contributed by atoms with Gasteiger partial charge in [0, 0.05) is 23.0 Å². The van der Waals surface area contributed by atoms with Gasteiger partial charge in [-0.05, 0) is 162 Å². The standard InChI is InChI=1S/C102H88N4OSi2/c1-100(2,3)76-60-61-103-98(68-76)106-94-55-29-28-52-92(94)93-58-57-81(70-96(93)106)107-80-37-32-36-79(69-80)104-71-105(95-59-56-73(66-97(95)104)72-34-30-50-88(64-72)108(82-38-16-10-17-39-82,83-40-18-11-19-41-83)84-42-20-12-21-43-84)99-90(53-33-54-91(99)75-62-77(101(4,5)6)67-78(63-75)102(7,8)9)74-35-31-51-89(65-74)109(85-44-22-13-23-45-85,86-46-24-14-25-47-86)87-48-26-15-27-49-87/h10-70H,1-9H3/i10D,11D,12D,13D,14D,15D,16D,17D,18D,19D,20D,21D,22D,23D,24D,25D,26D,27D,30D,31D,34D,35D,38D,39D,40D,41D,42D,43D,44D,45D,46D,47D,48D,49D,50D,51D,64D,65D. The molecule has 0 spiro atoms. The molecule has 0 atom stereocenters. The molecule has 3 aromatic heterocycles. The molecule has 17 aromatic rings. The summed E-state index contributed by atoms with van der Waals surface area (Å²) in [5.74, 6) is 0.991. The van der Waals surface area contributed by atoms with Crippen LogP contribution in [0, 0.1) is 6.33 Å². The van der Waals surface area contributed by atoms with Crippen LogP contribution in [0.15, 0.2) is 369 Å². The highest BCUT2D eigenvalue weighted by Crippen LogP contribution is 2.41. The molecule has 0 aliphatic carbocycles. The summed E-state index contributed by atoms with van der Waals surface area (Å²) in [6.45, 7) is 18.0. The Kier molecular flexibility index (Phi) is 10.1. The van der Waals surface area contributed by atoms with E-state index in [2.05, 4.69) is 27.1 Å². The number of hydrogen-bond acceptors (Lipinski definition) is 2. The SMILES string of the molecule is [2H]c1c([2H])c([2H])c([Si](c2c([2H])c([2H])c([2H])c([2H])c2[2H])(c2c([2H])c([2H])c([2H])c([2H])c2[2H])c2c([2H])c([2H])c([2H])c(-c3ccc4c(c3)n(-c3cccc(Oc5ccc6c7ccccc7n(-c7cc(C(C)(C)C)ccn7)c6c5)c3)[c-][n+]4-c3c(-c4cc(C(C)(C)C)cc(C(C)(C)C)c4)cccc3-c3c([2H])c([2H])c([2H])c([Si](c4c([2H])c([2H])c([2H])c([2H])c4[2H])(c4c([2H])c([2H])c([2H])c([2H])c4[2H])c4c([2H])c([2H])c([2H])c([2H])c4[2H])c3[2H])c2[2H])c([2H])c1[2H]. The lowest BCUT2D eigenvalue weighted by Gasteiger charge is -2.34. The molecular weight excluding hydrogens is 1350 g/mol. The first kappa shape index (κ1) is 39.0. The molecule has 0 amide bonds. The number of nitrogens with zero attached hydrogens (tertiary/aromatic N) is 4. The second-order valence-corrected chi connectivity index (χ2v) is 36.3.